The highest BCUT2D eigenvalue weighted by molar-refractivity contribution is 5.85. The van der Waals surface area contributed by atoms with Crippen molar-refractivity contribution in [1.82, 2.24) is 4.90 Å². The van der Waals surface area contributed by atoms with Crippen LogP contribution in [0.2, 0.25) is 0 Å². The number of carbonyl (C=O) groups excluding carboxylic acids is 1. The molecule has 1 unspecified atom stereocenters. The van der Waals surface area contributed by atoms with Crippen molar-refractivity contribution >= 4 is 18.3 Å². The largest absolute Gasteiger partial charge is 0.383 e. The predicted molar refractivity (Wildman–Crippen MR) is 82.1 cm³/mol. The molecule has 0 aromatic rings. The Labute approximate surface area is 128 Å². The van der Waals surface area contributed by atoms with Crippen molar-refractivity contribution in [1.29, 1.82) is 0 Å². The first-order chi connectivity index (χ1) is 9.20. The third-order valence-corrected chi connectivity index (χ3v) is 3.72. The van der Waals surface area contributed by atoms with E-state index in [1.165, 1.54) is 0 Å². The number of nitrogens with two attached hydrogens (primary N) is 1. The minimum atomic E-state index is -0.391. The van der Waals surface area contributed by atoms with Gasteiger partial charge in [-0.3, -0.25) is 4.79 Å². The zero-order valence-corrected chi connectivity index (χ0v) is 13.5. The van der Waals surface area contributed by atoms with Crippen LogP contribution in [0.4, 0.5) is 0 Å². The van der Waals surface area contributed by atoms with Crippen LogP contribution in [0.1, 0.15) is 32.6 Å². The molecular weight excluding hydrogens is 280 g/mol. The lowest BCUT2D eigenvalue weighted by atomic mass is 9.91. The van der Waals surface area contributed by atoms with E-state index in [9.17, 15) is 4.79 Å². The predicted octanol–water partition coefficient (Wildman–Crippen LogP) is 1.44. The molecule has 120 valence electrons. The van der Waals surface area contributed by atoms with Crippen molar-refractivity contribution < 1.29 is 14.3 Å². The molecule has 1 rings (SSSR count). The maximum absolute atomic E-state index is 12.5. The summed E-state index contributed by atoms with van der Waals surface area (Å²) < 4.78 is 10.4. The first-order valence-corrected chi connectivity index (χ1v) is 7.31. The van der Waals surface area contributed by atoms with Crippen molar-refractivity contribution in [3.8, 4) is 0 Å². The van der Waals surface area contributed by atoms with Gasteiger partial charge in [0.25, 0.3) is 0 Å². The highest BCUT2D eigenvalue weighted by Gasteiger charge is 2.29. The van der Waals surface area contributed by atoms with Gasteiger partial charge in [0.1, 0.15) is 0 Å². The van der Waals surface area contributed by atoms with Crippen LogP contribution >= 0.6 is 12.4 Å². The van der Waals surface area contributed by atoms with E-state index in [4.69, 9.17) is 15.2 Å². The van der Waals surface area contributed by atoms with Gasteiger partial charge in [-0.25, -0.2) is 0 Å². The van der Waals surface area contributed by atoms with Crippen molar-refractivity contribution in [2.24, 2.45) is 11.7 Å². The van der Waals surface area contributed by atoms with Crippen LogP contribution in [0, 0.1) is 5.92 Å². The number of ether oxygens (including phenoxy) is 2. The van der Waals surface area contributed by atoms with Crippen molar-refractivity contribution in [3.05, 3.63) is 0 Å². The maximum Gasteiger partial charge on any atom is 0.239 e. The van der Waals surface area contributed by atoms with Crippen LogP contribution in [0.5, 0.6) is 0 Å². The Morgan fingerprint density at radius 1 is 1.40 bits per heavy atom. The Bertz CT molecular complexity index is 253. The van der Waals surface area contributed by atoms with Gasteiger partial charge >= 0.3 is 0 Å². The number of hydrogen-bond acceptors (Lipinski definition) is 4. The maximum atomic E-state index is 12.5. The molecule has 1 heterocycles. The molecule has 0 bridgehead atoms. The van der Waals surface area contributed by atoms with Crippen LogP contribution in [-0.4, -0.2) is 56.9 Å². The fraction of sp³-hybridized carbons (Fsp3) is 0.929. The zero-order chi connectivity index (χ0) is 14.1. The van der Waals surface area contributed by atoms with Gasteiger partial charge < -0.3 is 20.1 Å². The molecule has 5 nitrogen and oxygen atoms in total. The molecule has 0 radical (unpaired) electrons. The first-order valence-electron chi connectivity index (χ1n) is 7.31. The van der Waals surface area contributed by atoms with E-state index in [-0.39, 0.29) is 24.2 Å². The summed E-state index contributed by atoms with van der Waals surface area (Å²) >= 11 is 0. The van der Waals surface area contributed by atoms with Gasteiger partial charge in [0.05, 0.1) is 12.6 Å². The van der Waals surface area contributed by atoms with Crippen LogP contribution in [0.3, 0.4) is 0 Å². The standard InChI is InChI=1S/C14H28N2O3.ClH/c1-3-4-7-16(8-11-18-2)14(17)13(15)12-5-9-19-10-6-12;/h12-13H,3-11,15H2,1-2H3;1H. The molecule has 0 spiro atoms. The minimum Gasteiger partial charge on any atom is -0.383 e. The van der Waals surface area contributed by atoms with Gasteiger partial charge in [0.2, 0.25) is 5.91 Å². The number of halogens is 1. The van der Waals surface area contributed by atoms with Gasteiger partial charge in [0, 0.05) is 33.4 Å². The average Bonchev–Trinajstić information content (AvgIpc) is 2.47. The molecule has 1 aliphatic rings. The average molecular weight is 309 g/mol. The van der Waals surface area contributed by atoms with Crippen molar-refractivity contribution in [3.63, 3.8) is 0 Å². The van der Waals surface area contributed by atoms with Gasteiger partial charge in [-0.1, -0.05) is 13.3 Å². The van der Waals surface area contributed by atoms with Crippen molar-refractivity contribution in [2.45, 2.75) is 38.6 Å². The van der Waals surface area contributed by atoms with Crippen LogP contribution < -0.4 is 5.73 Å². The summed E-state index contributed by atoms with van der Waals surface area (Å²) in [7, 11) is 1.65. The van der Waals surface area contributed by atoms with E-state index in [2.05, 4.69) is 6.92 Å². The molecule has 0 saturated carbocycles. The minimum absolute atomic E-state index is 0. The van der Waals surface area contributed by atoms with Crippen molar-refractivity contribution in [2.75, 3.05) is 40.0 Å². The Kier molecular flexibility index (Phi) is 11.1. The van der Waals surface area contributed by atoms with E-state index in [0.29, 0.717) is 13.2 Å². The Morgan fingerprint density at radius 3 is 2.60 bits per heavy atom. The number of carbonyl (C=O) groups is 1. The molecule has 1 aliphatic heterocycles. The molecule has 0 aliphatic carbocycles. The lowest BCUT2D eigenvalue weighted by Gasteiger charge is -2.31. The molecule has 0 aromatic heterocycles. The molecule has 2 N–H and O–H groups in total. The van der Waals surface area contributed by atoms with Gasteiger partial charge in [-0.2, -0.15) is 0 Å². The van der Waals surface area contributed by atoms with E-state index in [1.54, 1.807) is 7.11 Å². The summed E-state index contributed by atoms with van der Waals surface area (Å²) in [4.78, 5) is 14.3. The van der Waals surface area contributed by atoms with E-state index in [0.717, 1.165) is 45.4 Å². The molecule has 20 heavy (non-hydrogen) atoms. The summed E-state index contributed by atoms with van der Waals surface area (Å²) in [5, 5.41) is 0. The monoisotopic (exact) mass is 308 g/mol. The number of unbranched alkanes of at least 4 members (excludes halogenated alkanes) is 1. The topological polar surface area (TPSA) is 64.8 Å². The summed E-state index contributed by atoms with van der Waals surface area (Å²) in [6, 6.07) is -0.391. The fourth-order valence-electron chi connectivity index (χ4n) is 2.37. The molecule has 1 fully saturated rings. The first kappa shape index (κ1) is 19.6. The fourth-order valence-corrected chi connectivity index (χ4v) is 2.37. The summed E-state index contributed by atoms with van der Waals surface area (Å²) in [6.45, 7) is 5.53. The summed E-state index contributed by atoms with van der Waals surface area (Å²) in [6.07, 6.45) is 3.86. The SMILES string of the molecule is CCCCN(CCOC)C(=O)C(N)C1CCOCC1.Cl. The number of methoxy groups -OCH3 is 1. The lowest BCUT2D eigenvalue weighted by molar-refractivity contribution is -0.135. The van der Waals surface area contributed by atoms with E-state index >= 15 is 0 Å². The highest BCUT2D eigenvalue weighted by atomic mass is 35.5. The number of amides is 1. The summed E-state index contributed by atoms with van der Waals surface area (Å²) in [5.41, 5.74) is 6.15. The molecule has 1 amide bonds. The summed E-state index contributed by atoms with van der Waals surface area (Å²) in [5.74, 6) is 0.324. The third kappa shape index (κ3) is 6.39. The normalized spacial score (nSPS) is 17.4. The third-order valence-electron chi connectivity index (χ3n) is 3.72. The van der Waals surface area contributed by atoms with Crippen LogP contribution in [0.25, 0.3) is 0 Å². The Hall–Kier alpha value is -0.360. The smallest absolute Gasteiger partial charge is 0.239 e. The number of nitrogens with zero attached hydrogens (tertiary/aromatic N) is 1. The quantitative estimate of drug-likeness (QED) is 0.737. The zero-order valence-electron chi connectivity index (χ0n) is 12.7. The molecule has 1 atom stereocenters. The van der Waals surface area contributed by atoms with E-state index < -0.39 is 6.04 Å². The second kappa shape index (κ2) is 11.3. The highest BCUT2D eigenvalue weighted by Crippen LogP contribution is 2.19. The number of hydrogen-bond donors (Lipinski definition) is 1. The molecule has 0 aromatic carbocycles. The molecule has 1 saturated heterocycles. The Balaban J connectivity index is 0.00000361. The number of rotatable bonds is 8. The lowest BCUT2D eigenvalue weighted by Crippen LogP contribution is -2.50. The second-order valence-corrected chi connectivity index (χ2v) is 5.15. The van der Waals surface area contributed by atoms with E-state index in [1.807, 2.05) is 4.90 Å². The Morgan fingerprint density at radius 2 is 2.05 bits per heavy atom. The van der Waals surface area contributed by atoms with Gasteiger partial charge in [-0.15, -0.1) is 12.4 Å². The second-order valence-electron chi connectivity index (χ2n) is 5.15. The van der Waals surface area contributed by atoms with Crippen LogP contribution in [0.15, 0.2) is 0 Å². The van der Waals surface area contributed by atoms with Gasteiger partial charge in [0.15, 0.2) is 0 Å². The molecule has 6 heteroatoms. The molecular formula is C14H29ClN2O3. The van der Waals surface area contributed by atoms with Crippen LogP contribution in [-0.2, 0) is 14.3 Å². The van der Waals surface area contributed by atoms with Gasteiger partial charge in [-0.05, 0) is 25.2 Å².